The number of aliphatic hydroxyl groups is 1. The number of nitrogens with one attached hydrogen (secondary N) is 2. The summed E-state index contributed by atoms with van der Waals surface area (Å²) in [6.07, 6.45) is 3.28. The van der Waals surface area contributed by atoms with Crippen LogP contribution in [0.4, 0.5) is 5.69 Å². The molecule has 1 atom stereocenters. The van der Waals surface area contributed by atoms with Crippen LogP contribution in [0.1, 0.15) is 32.3 Å². The minimum Gasteiger partial charge on any atom is -0.396 e. The molecule has 31 heavy (non-hydrogen) atoms. The Morgan fingerprint density at radius 2 is 1.77 bits per heavy atom. The zero-order chi connectivity index (χ0) is 21.6. The van der Waals surface area contributed by atoms with E-state index in [1.54, 1.807) is 34.9 Å². The summed E-state index contributed by atoms with van der Waals surface area (Å²) in [4.78, 5) is 29.5. The smallest absolute Gasteiger partial charge is 0.274 e. The minimum absolute atomic E-state index is 0.0697. The first kappa shape index (κ1) is 20.3. The standard InChI is InChI=1S/C24H22N4O3/c29-16-19(17-7-2-1-3-8-17)14-26-23(30)18-9-6-10-20(13-18)27-24(31)21-15-25-22-11-4-5-12-28(21)22/h1-13,15,19,29H,14,16H2,(H,26,30)(H,27,31). The number of rotatable bonds is 7. The molecule has 0 saturated heterocycles. The molecule has 0 bridgehead atoms. The van der Waals surface area contributed by atoms with Gasteiger partial charge in [0, 0.05) is 29.9 Å². The van der Waals surface area contributed by atoms with Crippen LogP contribution in [0, 0.1) is 0 Å². The predicted octanol–water partition coefficient (Wildman–Crippen LogP) is 3.09. The summed E-state index contributed by atoms with van der Waals surface area (Å²) >= 11 is 0. The summed E-state index contributed by atoms with van der Waals surface area (Å²) in [5, 5.41) is 15.3. The number of pyridine rings is 1. The summed E-state index contributed by atoms with van der Waals surface area (Å²) in [6.45, 7) is 0.234. The van der Waals surface area contributed by atoms with E-state index in [-0.39, 0.29) is 24.3 Å². The zero-order valence-electron chi connectivity index (χ0n) is 16.7. The van der Waals surface area contributed by atoms with E-state index in [0.29, 0.717) is 29.1 Å². The number of imidazole rings is 1. The lowest BCUT2D eigenvalue weighted by Crippen LogP contribution is -2.29. The molecule has 0 aliphatic heterocycles. The van der Waals surface area contributed by atoms with E-state index in [4.69, 9.17) is 0 Å². The molecule has 2 aromatic heterocycles. The van der Waals surface area contributed by atoms with E-state index in [9.17, 15) is 14.7 Å². The number of carbonyl (C=O) groups excluding carboxylic acids is 2. The molecule has 0 aliphatic rings. The Morgan fingerprint density at radius 3 is 2.58 bits per heavy atom. The molecule has 4 aromatic rings. The van der Waals surface area contributed by atoms with Crippen molar-refractivity contribution in [3.8, 4) is 0 Å². The van der Waals surface area contributed by atoms with E-state index >= 15 is 0 Å². The van der Waals surface area contributed by atoms with Gasteiger partial charge in [-0.2, -0.15) is 0 Å². The van der Waals surface area contributed by atoms with Crippen LogP contribution in [0.25, 0.3) is 5.65 Å². The number of anilines is 1. The van der Waals surface area contributed by atoms with Crippen molar-refractivity contribution in [2.45, 2.75) is 5.92 Å². The molecule has 2 amide bonds. The van der Waals surface area contributed by atoms with Gasteiger partial charge in [0.2, 0.25) is 0 Å². The van der Waals surface area contributed by atoms with Gasteiger partial charge < -0.3 is 15.7 Å². The molecule has 1 unspecified atom stereocenters. The summed E-state index contributed by atoms with van der Waals surface area (Å²) in [5.74, 6) is -0.788. The molecule has 2 aromatic carbocycles. The number of hydrogen-bond donors (Lipinski definition) is 3. The molecule has 0 spiro atoms. The normalized spacial score (nSPS) is 11.8. The van der Waals surface area contributed by atoms with Crippen LogP contribution in [0.2, 0.25) is 0 Å². The molecular formula is C24H22N4O3. The lowest BCUT2D eigenvalue weighted by Gasteiger charge is -2.15. The van der Waals surface area contributed by atoms with Gasteiger partial charge in [0.15, 0.2) is 0 Å². The third-order valence-electron chi connectivity index (χ3n) is 5.03. The highest BCUT2D eigenvalue weighted by atomic mass is 16.3. The fourth-order valence-corrected chi connectivity index (χ4v) is 3.36. The predicted molar refractivity (Wildman–Crippen MR) is 118 cm³/mol. The fraction of sp³-hybridized carbons (Fsp3) is 0.125. The Morgan fingerprint density at radius 1 is 0.968 bits per heavy atom. The first-order valence-electron chi connectivity index (χ1n) is 9.93. The van der Waals surface area contributed by atoms with Gasteiger partial charge in [-0.3, -0.25) is 14.0 Å². The largest absolute Gasteiger partial charge is 0.396 e. The van der Waals surface area contributed by atoms with Crippen molar-refractivity contribution in [1.29, 1.82) is 0 Å². The topological polar surface area (TPSA) is 95.7 Å². The van der Waals surface area contributed by atoms with Gasteiger partial charge in [0.05, 0.1) is 12.8 Å². The molecular weight excluding hydrogens is 392 g/mol. The molecule has 4 rings (SSSR count). The second kappa shape index (κ2) is 9.23. The van der Waals surface area contributed by atoms with Gasteiger partial charge >= 0.3 is 0 Å². The number of nitrogens with zero attached hydrogens (tertiary/aromatic N) is 2. The van der Waals surface area contributed by atoms with Crippen molar-refractivity contribution in [2.24, 2.45) is 0 Å². The number of hydrogen-bond acceptors (Lipinski definition) is 4. The number of carbonyl (C=O) groups is 2. The highest BCUT2D eigenvalue weighted by Crippen LogP contribution is 2.16. The Bertz CT molecular complexity index is 1200. The lowest BCUT2D eigenvalue weighted by atomic mass is 10.00. The number of amides is 2. The van der Waals surface area contributed by atoms with Crippen LogP contribution in [0.15, 0.2) is 85.2 Å². The Kier molecular flexibility index (Phi) is 6.05. The molecule has 0 saturated carbocycles. The molecule has 3 N–H and O–H groups in total. The maximum absolute atomic E-state index is 12.7. The van der Waals surface area contributed by atoms with E-state index in [0.717, 1.165) is 5.56 Å². The number of aliphatic hydroxyl groups excluding tert-OH is 1. The van der Waals surface area contributed by atoms with Gasteiger partial charge in [-0.15, -0.1) is 0 Å². The van der Waals surface area contributed by atoms with Gasteiger partial charge in [-0.25, -0.2) is 4.98 Å². The highest BCUT2D eigenvalue weighted by Gasteiger charge is 2.15. The molecule has 7 nitrogen and oxygen atoms in total. The molecule has 7 heteroatoms. The summed E-state index contributed by atoms with van der Waals surface area (Å²) in [6, 6.07) is 21.8. The second-order valence-corrected chi connectivity index (χ2v) is 7.11. The number of aromatic nitrogens is 2. The first-order valence-corrected chi connectivity index (χ1v) is 9.93. The van der Waals surface area contributed by atoms with Crippen LogP contribution in [0.5, 0.6) is 0 Å². The van der Waals surface area contributed by atoms with Crippen molar-refractivity contribution in [3.63, 3.8) is 0 Å². The van der Waals surface area contributed by atoms with E-state index in [1.807, 2.05) is 48.5 Å². The zero-order valence-corrected chi connectivity index (χ0v) is 16.7. The minimum atomic E-state index is -0.319. The Labute approximate surface area is 179 Å². The van der Waals surface area contributed by atoms with Gasteiger partial charge in [-0.05, 0) is 35.9 Å². The van der Waals surface area contributed by atoms with Gasteiger partial charge in [-0.1, -0.05) is 42.5 Å². The Hall–Kier alpha value is -3.97. The van der Waals surface area contributed by atoms with Crippen LogP contribution in [-0.4, -0.2) is 39.5 Å². The first-order chi connectivity index (χ1) is 15.2. The number of fused-ring (bicyclic) bond motifs is 1. The van der Waals surface area contributed by atoms with Crippen LogP contribution < -0.4 is 10.6 Å². The lowest BCUT2D eigenvalue weighted by molar-refractivity contribution is 0.0946. The van der Waals surface area contributed by atoms with Crippen LogP contribution >= 0.6 is 0 Å². The molecule has 156 valence electrons. The van der Waals surface area contributed by atoms with Crippen molar-refractivity contribution in [3.05, 3.63) is 102 Å². The summed E-state index contributed by atoms with van der Waals surface area (Å²) < 4.78 is 1.70. The molecule has 0 fully saturated rings. The summed E-state index contributed by atoms with van der Waals surface area (Å²) in [7, 11) is 0. The second-order valence-electron chi connectivity index (χ2n) is 7.11. The van der Waals surface area contributed by atoms with Gasteiger partial charge in [0.1, 0.15) is 11.3 Å². The quantitative estimate of drug-likeness (QED) is 0.433. The fourth-order valence-electron chi connectivity index (χ4n) is 3.36. The van der Waals surface area contributed by atoms with E-state index < -0.39 is 0 Å². The van der Waals surface area contributed by atoms with Gasteiger partial charge in [0.25, 0.3) is 11.8 Å². The molecule has 0 radical (unpaired) electrons. The van der Waals surface area contributed by atoms with Crippen LogP contribution in [-0.2, 0) is 0 Å². The maximum Gasteiger partial charge on any atom is 0.274 e. The van der Waals surface area contributed by atoms with Crippen molar-refractivity contribution in [2.75, 3.05) is 18.5 Å². The SMILES string of the molecule is O=C(NCC(CO)c1ccccc1)c1cccc(NC(=O)c2cnc3ccccn23)c1. The average molecular weight is 414 g/mol. The third kappa shape index (κ3) is 4.62. The Balaban J connectivity index is 1.43. The van der Waals surface area contributed by atoms with Crippen molar-refractivity contribution >= 4 is 23.1 Å². The molecule has 0 aliphatic carbocycles. The van der Waals surface area contributed by atoms with Crippen molar-refractivity contribution in [1.82, 2.24) is 14.7 Å². The third-order valence-corrected chi connectivity index (χ3v) is 5.03. The molecule has 2 heterocycles. The summed E-state index contributed by atoms with van der Waals surface area (Å²) in [5.41, 5.74) is 2.96. The highest BCUT2D eigenvalue weighted by molar-refractivity contribution is 6.04. The van der Waals surface area contributed by atoms with E-state index in [2.05, 4.69) is 15.6 Å². The maximum atomic E-state index is 12.7. The van der Waals surface area contributed by atoms with Crippen molar-refractivity contribution < 1.29 is 14.7 Å². The van der Waals surface area contributed by atoms with Crippen LogP contribution in [0.3, 0.4) is 0 Å². The average Bonchev–Trinajstić information content (AvgIpc) is 3.24. The monoisotopic (exact) mass is 414 g/mol. The van der Waals surface area contributed by atoms with E-state index in [1.165, 1.54) is 6.20 Å². The number of benzene rings is 2.